The van der Waals surface area contributed by atoms with Gasteiger partial charge in [0, 0.05) is 6.42 Å². The van der Waals surface area contributed by atoms with Crippen molar-refractivity contribution >= 4 is 23.6 Å². The fourth-order valence-electron chi connectivity index (χ4n) is 6.95. The van der Waals surface area contributed by atoms with Gasteiger partial charge in [0.2, 0.25) is 5.75 Å². The van der Waals surface area contributed by atoms with E-state index < -0.39 is 47.5 Å². The molecule has 4 atom stereocenters. The third kappa shape index (κ3) is 10.9. The fraction of sp³-hybridized carbons (Fsp3) is 0.405. The summed E-state index contributed by atoms with van der Waals surface area (Å²) >= 11 is 0. The smallest absolute Gasteiger partial charge is 0.354 e. The number of benzene rings is 4. The first-order valence-corrected chi connectivity index (χ1v) is 21.2. The van der Waals surface area contributed by atoms with Gasteiger partial charge in [-0.3, -0.25) is 4.79 Å². The standard InChI is InChI=1S/C42H49O11PS/c1-6-19-51-42-38(53-40(54(44)45)22-31(20-29-13-9-7-10-14-29)21-30-15-11-8-12-16-30)25-33(26-39(42)55(46,47)27-28(2)43)35-18-17-34(52-35)32-23-36(48-3)41(50-5)37(24-32)49-4/h7-16,23-26,31,34-35,40H,6,17-22,27H2,1-5H3/t34-,35-,40-/m0/s1. The molecule has 4 aromatic rings. The number of hydrogen-bond donors (Lipinski definition) is 0. The van der Waals surface area contributed by atoms with E-state index in [1.807, 2.05) is 79.7 Å². The van der Waals surface area contributed by atoms with Gasteiger partial charge in [-0.1, -0.05) is 72.2 Å². The van der Waals surface area contributed by atoms with Crippen molar-refractivity contribution in [2.45, 2.75) is 75.3 Å². The second-order valence-corrected chi connectivity index (χ2v) is 16.7. The average Bonchev–Trinajstić information content (AvgIpc) is 3.67. The summed E-state index contributed by atoms with van der Waals surface area (Å²) in [5, 5.41) is 0. The summed E-state index contributed by atoms with van der Waals surface area (Å²) in [7, 11) is -2.84. The summed E-state index contributed by atoms with van der Waals surface area (Å²) in [6, 6.07) is 26.3. The van der Waals surface area contributed by atoms with Crippen LogP contribution in [0.5, 0.6) is 28.7 Å². The lowest BCUT2D eigenvalue weighted by Gasteiger charge is -2.24. The van der Waals surface area contributed by atoms with Crippen molar-refractivity contribution in [2.75, 3.05) is 33.7 Å². The Morgan fingerprint density at radius 2 is 1.35 bits per heavy atom. The lowest BCUT2D eigenvalue weighted by molar-refractivity contribution is -0.171. The van der Waals surface area contributed by atoms with Crippen molar-refractivity contribution in [1.29, 1.82) is 0 Å². The molecule has 0 spiro atoms. The molecule has 0 amide bonds. The maximum atomic E-state index is 13.9. The third-order valence-corrected chi connectivity index (χ3v) is 12.0. The van der Waals surface area contributed by atoms with Gasteiger partial charge >= 0.3 is 8.03 Å². The van der Waals surface area contributed by atoms with Gasteiger partial charge in [-0.05, 0) is 91.5 Å². The molecule has 1 unspecified atom stereocenters. The van der Waals surface area contributed by atoms with E-state index in [9.17, 15) is 22.7 Å². The van der Waals surface area contributed by atoms with E-state index in [1.165, 1.54) is 34.3 Å². The van der Waals surface area contributed by atoms with Gasteiger partial charge in [0.25, 0.3) is 5.85 Å². The van der Waals surface area contributed by atoms with Gasteiger partial charge < -0.3 is 33.3 Å². The van der Waals surface area contributed by atoms with Crippen molar-refractivity contribution in [1.82, 2.24) is 0 Å². The highest BCUT2D eigenvalue weighted by Gasteiger charge is 2.36. The molecule has 0 aromatic heterocycles. The van der Waals surface area contributed by atoms with Gasteiger partial charge in [0.15, 0.2) is 32.8 Å². The van der Waals surface area contributed by atoms with Crippen LogP contribution in [0.4, 0.5) is 0 Å². The summed E-state index contributed by atoms with van der Waals surface area (Å²) in [6.07, 6.45) is 1.88. The molecule has 13 heteroatoms. The first-order chi connectivity index (χ1) is 26.5. The monoisotopic (exact) mass is 792 g/mol. The molecule has 11 nitrogen and oxygen atoms in total. The van der Waals surface area contributed by atoms with E-state index in [0.717, 1.165) is 16.7 Å². The highest BCUT2D eigenvalue weighted by molar-refractivity contribution is 7.92. The van der Waals surface area contributed by atoms with E-state index in [0.29, 0.717) is 54.9 Å². The van der Waals surface area contributed by atoms with Crippen LogP contribution < -0.4 is 28.6 Å². The molecule has 1 aliphatic rings. The van der Waals surface area contributed by atoms with E-state index in [-0.39, 0.29) is 35.3 Å². The van der Waals surface area contributed by atoms with Gasteiger partial charge in [-0.25, -0.2) is 8.42 Å². The van der Waals surface area contributed by atoms with Crippen LogP contribution >= 0.6 is 8.03 Å². The number of Topliss-reactive ketones (excluding diaryl/α,β-unsaturated/α-hetero) is 1. The third-order valence-electron chi connectivity index (χ3n) is 9.44. The van der Waals surface area contributed by atoms with Crippen LogP contribution in [0.25, 0.3) is 0 Å². The minimum absolute atomic E-state index is 0.0460. The van der Waals surface area contributed by atoms with Crippen LogP contribution in [0, 0.1) is 5.92 Å². The van der Waals surface area contributed by atoms with E-state index >= 15 is 0 Å². The summed E-state index contributed by atoms with van der Waals surface area (Å²) in [6.45, 7) is 3.19. The molecule has 1 fully saturated rings. The Morgan fingerprint density at radius 1 is 0.818 bits per heavy atom. The van der Waals surface area contributed by atoms with Crippen LogP contribution in [0.1, 0.15) is 74.0 Å². The van der Waals surface area contributed by atoms with Crippen molar-refractivity contribution < 1.29 is 51.1 Å². The second-order valence-electron chi connectivity index (χ2n) is 13.6. The molecular formula is C42H49O11PS. The van der Waals surface area contributed by atoms with Crippen molar-refractivity contribution in [3.8, 4) is 28.7 Å². The Bertz CT molecular complexity index is 1960. The maximum Gasteiger partial charge on any atom is 0.354 e. The molecule has 0 N–H and O–H groups in total. The molecule has 55 heavy (non-hydrogen) atoms. The molecule has 0 radical (unpaired) electrons. The van der Waals surface area contributed by atoms with Gasteiger partial charge in [0.1, 0.15) is 16.4 Å². The van der Waals surface area contributed by atoms with Crippen LogP contribution in [0.2, 0.25) is 0 Å². The van der Waals surface area contributed by atoms with E-state index in [2.05, 4.69) is 0 Å². The van der Waals surface area contributed by atoms with Crippen LogP contribution in [-0.2, 0) is 36.8 Å². The predicted molar refractivity (Wildman–Crippen MR) is 207 cm³/mol. The van der Waals surface area contributed by atoms with Crippen molar-refractivity contribution in [3.05, 3.63) is 107 Å². The molecule has 0 aliphatic carbocycles. The lowest BCUT2D eigenvalue weighted by atomic mass is 9.90. The van der Waals surface area contributed by atoms with Crippen molar-refractivity contribution in [3.63, 3.8) is 0 Å². The summed E-state index contributed by atoms with van der Waals surface area (Å²) < 4.78 is 76.4. The van der Waals surface area contributed by atoms with Gasteiger partial charge in [0.05, 0.1) is 40.1 Å². The van der Waals surface area contributed by atoms with Gasteiger partial charge in [-0.2, -0.15) is 0 Å². The zero-order valence-electron chi connectivity index (χ0n) is 31.9. The first-order valence-electron chi connectivity index (χ1n) is 18.3. The number of carbonyl (C=O) groups is 1. The fourth-order valence-corrected chi connectivity index (χ4v) is 9.07. The molecule has 0 bridgehead atoms. The molecule has 1 saturated heterocycles. The quantitative estimate of drug-likeness (QED) is 0.0810. The average molecular weight is 793 g/mol. The minimum Gasteiger partial charge on any atom is -0.593 e. The Hall–Kier alpha value is -4.48. The summed E-state index contributed by atoms with van der Waals surface area (Å²) in [5.74, 6) is -1.61. The summed E-state index contributed by atoms with van der Waals surface area (Å²) in [5.41, 5.74) is 3.32. The van der Waals surface area contributed by atoms with Crippen molar-refractivity contribution in [2.24, 2.45) is 5.92 Å². The first kappa shape index (κ1) is 41.7. The number of hydrogen-bond acceptors (Lipinski definition) is 11. The zero-order valence-corrected chi connectivity index (χ0v) is 33.6. The molecule has 5 rings (SSSR count). The topological polar surface area (TPSA) is 147 Å². The predicted octanol–water partition coefficient (Wildman–Crippen LogP) is 7.76. The minimum atomic E-state index is -4.26. The summed E-state index contributed by atoms with van der Waals surface area (Å²) in [4.78, 5) is 25.0. The largest absolute Gasteiger partial charge is 0.593 e. The molecule has 1 heterocycles. The van der Waals surface area contributed by atoms with E-state index in [1.54, 1.807) is 6.07 Å². The normalized spacial score (nSPS) is 16.4. The number of ketones is 1. The Kier molecular flexibility index (Phi) is 14.7. The Balaban J connectivity index is 1.55. The van der Waals surface area contributed by atoms with Gasteiger partial charge in [-0.15, -0.1) is 0 Å². The van der Waals surface area contributed by atoms with Crippen LogP contribution in [0.15, 0.2) is 89.8 Å². The molecule has 4 aromatic carbocycles. The molecule has 1 aliphatic heterocycles. The van der Waals surface area contributed by atoms with E-state index in [4.69, 9.17) is 28.4 Å². The number of ether oxygens (including phenoxy) is 6. The number of sulfone groups is 1. The Morgan fingerprint density at radius 3 is 1.82 bits per heavy atom. The number of methoxy groups -OCH3 is 3. The van der Waals surface area contributed by atoms with Crippen LogP contribution in [0.3, 0.4) is 0 Å². The Labute approximate surface area is 324 Å². The second kappa shape index (κ2) is 19.4. The number of rotatable bonds is 20. The zero-order chi connectivity index (χ0) is 39.5. The molecule has 294 valence electrons. The molecule has 0 saturated carbocycles. The lowest BCUT2D eigenvalue weighted by Crippen LogP contribution is -2.24. The SMILES string of the molecule is CCCOc1c(O[C@H](CC(Cc2ccccc2)Cc2ccccc2)[P+](=O)[O-])cc([C@@H]2CC[C@@H](c3cc(OC)c(OC)c(OC)c3)O2)cc1S(=O)(=O)CC(C)=O. The highest BCUT2D eigenvalue weighted by atomic mass is 32.2. The molecular weight excluding hydrogens is 743 g/mol. The number of carbonyl (C=O) groups excluding carboxylic acids is 1. The van der Waals surface area contributed by atoms with Crippen LogP contribution in [-0.4, -0.2) is 53.7 Å². The highest BCUT2D eigenvalue weighted by Crippen LogP contribution is 2.49. The maximum absolute atomic E-state index is 13.9.